The van der Waals surface area contributed by atoms with E-state index in [0.717, 1.165) is 0 Å². The van der Waals surface area contributed by atoms with Gasteiger partial charge in [0.1, 0.15) is 0 Å². The molecule has 1 aliphatic heterocycles. The highest BCUT2D eigenvalue weighted by atomic mass is 31.1. The molecule has 58 valence electrons. The second-order valence-corrected chi connectivity index (χ2v) is 4.19. The van der Waals surface area contributed by atoms with Gasteiger partial charge >= 0.3 is 0 Å². The monoisotopic (exact) mass is 190 g/mol. The van der Waals surface area contributed by atoms with E-state index in [2.05, 4.69) is 47.5 Å². The first kappa shape index (κ1) is 7.92. The Bertz CT molecular complexity index is 398. The van der Waals surface area contributed by atoms with Gasteiger partial charge in [0.25, 0.3) is 0 Å². The Kier molecular flexibility index (Phi) is 2.51. The molecule has 0 aliphatic carbocycles. The van der Waals surface area contributed by atoms with Crippen molar-refractivity contribution >= 4 is 39.6 Å². The van der Waals surface area contributed by atoms with E-state index in [1.807, 2.05) is 0 Å². The second kappa shape index (κ2) is 3.81. The van der Waals surface area contributed by atoms with Crippen LogP contribution in [0, 0.1) is 0 Å². The third-order valence-electron chi connectivity index (χ3n) is 1.66. The summed E-state index contributed by atoms with van der Waals surface area (Å²) in [6.45, 7) is 0. The first-order valence-corrected chi connectivity index (χ1v) is 5.84. The van der Waals surface area contributed by atoms with Crippen molar-refractivity contribution in [2.45, 2.75) is 0 Å². The lowest BCUT2D eigenvalue weighted by atomic mass is 10.3. The molecule has 0 bridgehead atoms. The number of benzene rings is 1. The molecule has 0 radical (unpaired) electrons. The smallest absolute Gasteiger partial charge is 0.0135 e. The lowest BCUT2D eigenvalue weighted by Gasteiger charge is -1.88. The molecule has 0 atom stereocenters. The van der Waals surface area contributed by atoms with Crippen LogP contribution >= 0.6 is 16.4 Å². The van der Waals surface area contributed by atoms with Crippen molar-refractivity contribution in [2.24, 2.45) is 0 Å². The van der Waals surface area contributed by atoms with Crippen LogP contribution in [-0.2, 0) is 0 Å². The summed E-state index contributed by atoms with van der Waals surface area (Å²) in [6.07, 6.45) is 0. The van der Waals surface area contributed by atoms with Crippen molar-refractivity contribution in [3.05, 3.63) is 34.7 Å². The van der Waals surface area contributed by atoms with E-state index in [4.69, 9.17) is 0 Å². The molecule has 2 rings (SSSR count). The molecule has 1 aliphatic rings. The Labute approximate surface area is 74.9 Å². The zero-order chi connectivity index (χ0) is 8.23. The van der Waals surface area contributed by atoms with Gasteiger partial charge in [-0.3, -0.25) is 0 Å². The first-order chi connectivity index (χ1) is 5.97. The highest BCUT2D eigenvalue weighted by molar-refractivity contribution is 7.57. The van der Waals surface area contributed by atoms with Gasteiger partial charge in [-0.2, -0.15) is 0 Å². The third-order valence-corrected chi connectivity index (χ3v) is 3.39. The van der Waals surface area contributed by atoms with Gasteiger partial charge in [0.2, 0.25) is 0 Å². The topological polar surface area (TPSA) is 0 Å². The van der Waals surface area contributed by atoms with Gasteiger partial charge in [0, 0.05) is 0 Å². The van der Waals surface area contributed by atoms with Crippen molar-refractivity contribution in [1.29, 1.82) is 0 Å². The minimum atomic E-state index is 1.28. The van der Waals surface area contributed by atoms with E-state index in [1.54, 1.807) is 0 Å². The van der Waals surface area contributed by atoms with Crippen molar-refractivity contribution in [3.8, 4) is 0 Å². The Morgan fingerprint density at radius 1 is 0.750 bits per heavy atom. The summed E-state index contributed by atoms with van der Waals surface area (Å²) in [6, 6.07) is 8.49. The van der Waals surface area contributed by atoms with Crippen LogP contribution < -0.4 is 10.4 Å². The van der Waals surface area contributed by atoms with Crippen LogP contribution in [0.2, 0.25) is 0 Å². The maximum absolute atomic E-state index is 2.23. The predicted molar refractivity (Wildman–Crippen MR) is 60.6 cm³/mol. The van der Waals surface area contributed by atoms with E-state index < -0.39 is 0 Å². The molecule has 0 nitrogen and oxygen atoms in total. The fourth-order valence-electron chi connectivity index (χ4n) is 1.07. The number of hydrogen-bond donors (Lipinski definition) is 0. The van der Waals surface area contributed by atoms with E-state index in [-0.39, 0.29) is 0 Å². The highest BCUT2D eigenvalue weighted by Gasteiger charge is 1.82. The van der Waals surface area contributed by atoms with Gasteiger partial charge in [-0.25, -0.2) is 0 Å². The van der Waals surface area contributed by atoms with Crippen LogP contribution in [0.25, 0.3) is 11.6 Å². The quantitative estimate of drug-likeness (QED) is 0.546. The maximum Gasteiger partial charge on any atom is -0.0135 e. The fourth-order valence-corrected chi connectivity index (χ4v) is 2.65. The molecule has 0 fully saturated rings. The van der Waals surface area contributed by atoms with Crippen molar-refractivity contribution < 1.29 is 0 Å². The van der Waals surface area contributed by atoms with Gasteiger partial charge < -0.3 is 0 Å². The van der Waals surface area contributed by atoms with Crippen LogP contribution in [0.3, 0.4) is 0 Å². The van der Waals surface area contributed by atoms with Crippen LogP contribution in [0.5, 0.6) is 0 Å². The Balaban J connectivity index is 2.80. The standard InChI is InChI=1S/C10H8P2/c1-2-4-10-8-12-6-5-11-7-9(10)3-1/h1-8H/b6-5?,9-7-,10-8-. The summed E-state index contributed by atoms with van der Waals surface area (Å²) in [5, 5.41) is 2.69. The minimum Gasteiger partial charge on any atom is -0.0755 e. The Morgan fingerprint density at radius 2 is 1.25 bits per heavy atom. The van der Waals surface area contributed by atoms with Gasteiger partial charge in [0.05, 0.1) is 0 Å². The zero-order valence-electron chi connectivity index (χ0n) is 6.51. The molecule has 0 aromatic heterocycles. The molecule has 1 aromatic rings. The SMILES string of the molecule is C1=P\C=c2\cccc\c2=C\P=C/1. The lowest BCUT2D eigenvalue weighted by molar-refractivity contribution is 1.54. The molecule has 2 heteroatoms. The predicted octanol–water partition coefficient (Wildman–Crippen LogP) is 1.67. The normalized spacial score (nSPS) is 24.7. The van der Waals surface area contributed by atoms with Gasteiger partial charge in [-0.05, 0) is 33.7 Å². The van der Waals surface area contributed by atoms with Gasteiger partial charge in [-0.1, -0.05) is 40.7 Å². The van der Waals surface area contributed by atoms with Crippen molar-refractivity contribution in [2.75, 3.05) is 0 Å². The van der Waals surface area contributed by atoms with Gasteiger partial charge in [0.15, 0.2) is 0 Å². The summed E-state index contributed by atoms with van der Waals surface area (Å²) < 4.78 is 0. The largest absolute Gasteiger partial charge is 0.0755 e. The summed E-state index contributed by atoms with van der Waals surface area (Å²) >= 11 is 0. The Morgan fingerprint density at radius 3 is 1.75 bits per heavy atom. The molecule has 1 aromatic carbocycles. The molecular weight excluding hydrogens is 182 g/mol. The molecule has 12 heavy (non-hydrogen) atoms. The molecular formula is C10H8P2. The summed E-state index contributed by atoms with van der Waals surface area (Å²) in [7, 11) is 2.56. The highest BCUT2D eigenvalue weighted by Crippen LogP contribution is 1.99. The summed E-state index contributed by atoms with van der Waals surface area (Å²) in [4.78, 5) is 0. The molecule has 0 amide bonds. The number of fused-ring (bicyclic) bond motifs is 1. The number of rotatable bonds is 0. The molecule has 0 N–H and O–H groups in total. The summed E-state index contributed by atoms with van der Waals surface area (Å²) in [5.74, 6) is 8.82. The van der Waals surface area contributed by atoms with Crippen LogP contribution in [-0.4, -0.2) is 11.6 Å². The number of hydrogen-bond acceptors (Lipinski definition) is 0. The van der Waals surface area contributed by atoms with Gasteiger partial charge in [-0.15, -0.1) is 0 Å². The van der Waals surface area contributed by atoms with E-state index in [1.165, 1.54) is 26.8 Å². The van der Waals surface area contributed by atoms with Crippen LogP contribution in [0.15, 0.2) is 24.3 Å². The van der Waals surface area contributed by atoms with E-state index in [9.17, 15) is 0 Å². The molecule has 1 heterocycles. The third kappa shape index (κ3) is 1.72. The van der Waals surface area contributed by atoms with Crippen LogP contribution in [0.1, 0.15) is 0 Å². The van der Waals surface area contributed by atoms with Crippen molar-refractivity contribution in [3.63, 3.8) is 0 Å². The average molecular weight is 190 g/mol. The van der Waals surface area contributed by atoms with Crippen LogP contribution in [0.4, 0.5) is 0 Å². The zero-order valence-corrected chi connectivity index (χ0v) is 8.30. The molecule has 0 saturated heterocycles. The maximum atomic E-state index is 2.23. The Hall–Kier alpha value is -0.700. The fraction of sp³-hybridized carbons (Fsp3) is 0. The lowest BCUT2D eigenvalue weighted by Crippen LogP contribution is -2.22. The van der Waals surface area contributed by atoms with E-state index in [0.29, 0.717) is 0 Å². The summed E-state index contributed by atoms with van der Waals surface area (Å²) in [5.41, 5.74) is 0. The molecule has 0 unspecified atom stereocenters. The first-order valence-electron chi connectivity index (χ1n) is 3.77. The molecule has 0 saturated carbocycles. The van der Waals surface area contributed by atoms with E-state index >= 15 is 0 Å². The van der Waals surface area contributed by atoms with Crippen molar-refractivity contribution in [1.82, 2.24) is 0 Å². The average Bonchev–Trinajstić information content (AvgIpc) is 2.06. The second-order valence-electron chi connectivity index (χ2n) is 2.48. The molecule has 0 spiro atoms. The minimum absolute atomic E-state index is 1.28.